The zero-order valence-corrected chi connectivity index (χ0v) is 20.4. The molecule has 2 aliphatic heterocycles. The number of hydrogen-bond donors (Lipinski definition) is 2. The highest BCUT2D eigenvalue weighted by Crippen LogP contribution is 2.28. The van der Waals surface area contributed by atoms with Crippen molar-refractivity contribution in [3.63, 3.8) is 0 Å². The highest BCUT2D eigenvalue weighted by molar-refractivity contribution is 5.93. The standard InChI is InChI=1S/C26H37FN6O/c1-19(21-7-9-22(27)10-8-21)23-25(28-12-18-33-13-3-4-14-33)30-20(2)24(31-23)26(34)29-11-5-15-32-16-6-17-32/h7-10,19H,3-6,11-18H2,1-2H3,(H,28,30)(H,29,34). The average Bonchev–Trinajstić information content (AvgIpc) is 3.31. The first kappa shape index (κ1) is 24.5. The second kappa shape index (κ2) is 11.7. The number of anilines is 1. The fourth-order valence-electron chi connectivity index (χ4n) is 4.62. The highest BCUT2D eigenvalue weighted by Gasteiger charge is 2.22. The van der Waals surface area contributed by atoms with Crippen LogP contribution in [-0.2, 0) is 0 Å². The number of aryl methyl sites for hydroxylation is 1. The van der Waals surface area contributed by atoms with E-state index in [1.54, 1.807) is 12.1 Å². The summed E-state index contributed by atoms with van der Waals surface area (Å²) in [5.74, 6) is 0.0989. The van der Waals surface area contributed by atoms with Crippen molar-refractivity contribution in [1.82, 2.24) is 25.1 Å². The predicted molar refractivity (Wildman–Crippen MR) is 133 cm³/mol. The molecule has 1 atom stereocenters. The number of likely N-dealkylation sites (tertiary alicyclic amines) is 2. The SMILES string of the molecule is Cc1nc(NCCN2CCCC2)c(C(C)c2ccc(F)cc2)nc1C(=O)NCCCN1CCC1. The molecular weight excluding hydrogens is 431 g/mol. The minimum absolute atomic E-state index is 0.138. The molecule has 0 spiro atoms. The molecule has 0 radical (unpaired) electrons. The van der Waals surface area contributed by atoms with Crippen molar-refractivity contribution in [3.8, 4) is 0 Å². The van der Waals surface area contributed by atoms with E-state index in [0.717, 1.165) is 57.8 Å². The molecule has 184 valence electrons. The first-order valence-electron chi connectivity index (χ1n) is 12.6. The number of carbonyl (C=O) groups excluding carboxylic acids is 1. The van der Waals surface area contributed by atoms with Crippen molar-refractivity contribution in [3.05, 3.63) is 52.7 Å². The largest absolute Gasteiger partial charge is 0.367 e. The summed E-state index contributed by atoms with van der Waals surface area (Å²) >= 11 is 0. The van der Waals surface area contributed by atoms with Gasteiger partial charge in [0, 0.05) is 25.6 Å². The number of amides is 1. The van der Waals surface area contributed by atoms with Crippen LogP contribution in [0.3, 0.4) is 0 Å². The maximum absolute atomic E-state index is 13.5. The number of rotatable bonds is 11. The van der Waals surface area contributed by atoms with E-state index in [4.69, 9.17) is 9.97 Å². The molecular formula is C26H37FN6O. The van der Waals surface area contributed by atoms with E-state index in [2.05, 4.69) is 20.4 Å². The minimum atomic E-state index is -0.270. The normalized spacial score (nSPS) is 17.4. The van der Waals surface area contributed by atoms with Crippen LogP contribution < -0.4 is 10.6 Å². The van der Waals surface area contributed by atoms with Crippen LogP contribution in [0.2, 0.25) is 0 Å². The van der Waals surface area contributed by atoms with Gasteiger partial charge in [-0.15, -0.1) is 0 Å². The molecule has 4 rings (SSSR count). The number of carbonyl (C=O) groups is 1. The van der Waals surface area contributed by atoms with Crippen molar-refractivity contribution in [2.75, 3.05) is 57.7 Å². The molecule has 8 heteroatoms. The van der Waals surface area contributed by atoms with Gasteiger partial charge in [0.15, 0.2) is 0 Å². The molecule has 3 heterocycles. The summed E-state index contributed by atoms with van der Waals surface area (Å²) in [6.07, 6.45) is 4.71. The Morgan fingerprint density at radius 2 is 1.68 bits per heavy atom. The Morgan fingerprint density at radius 1 is 1.00 bits per heavy atom. The van der Waals surface area contributed by atoms with Crippen LogP contribution in [0.5, 0.6) is 0 Å². The Balaban J connectivity index is 1.48. The molecule has 2 aromatic rings. The summed E-state index contributed by atoms with van der Waals surface area (Å²) in [5, 5.41) is 6.47. The van der Waals surface area contributed by atoms with Gasteiger partial charge in [0.25, 0.3) is 5.91 Å². The van der Waals surface area contributed by atoms with Crippen LogP contribution in [0.4, 0.5) is 10.2 Å². The molecule has 2 saturated heterocycles. The van der Waals surface area contributed by atoms with Crippen molar-refractivity contribution in [1.29, 1.82) is 0 Å². The second-order valence-corrected chi connectivity index (χ2v) is 9.44. The van der Waals surface area contributed by atoms with Crippen molar-refractivity contribution < 1.29 is 9.18 Å². The molecule has 1 unspecified atom stereocenters. The molecule has 0 aliphatic carbocycles. The molecule has 2 N–H and O–H groups in total. The lowest BCUT2D eigenvalue weighted by Crippen LogP contribution is -2.39. The Hall–Kier alpha value is -2.58. The van der Waals surface area contributed by atoms with Gasteiger partial charge in [-0.05, 0) is 83.0 Å². The quantitative estimate of drug-likeness (QED) is 0.493. The fraction of sp³-hybridized carbons (Fsp3) is 0.577. The zero-order chi connectivity index (χ0) is 23.9. The Bertz CT molecular complexity index is 957. The van der Waals surface area contributed by atoms with Crippen LogP contribution in [0.15, 0.2) is 24.3 Å². The smallest absolute Gasteiger partial charge is 0.271 e. The lowest BCUT2D eigenvalue weighted by molar-refractivity contribution is 0.0943. The lowest BCUT2D eigenvalue weighted by Gasteiger charge is -2.30. The molecule has 1 aromatic heterocycles. The van der Waals surface area contributed by atoms with E-state index < -0.39 is 0 Å². The highest BCUT2D eigenvalue weighted by atomic mass is 19.1. The Kier molecular flexibility index (Phi) is 8.45. The number of nitrogens with one attached hydrogen (secondary N) is 2. The Morgan fingerprint density at radius 3 is 2.35 bits per heavy atom. The number of hydrogen-bond acceptors (Lipinski definition) is 6. The van der Waals surface area contributed by atoms with Crippen LogP contribution >= 0.6 is 0 Å². The predicted octanol–water partition coefficient (Wildman–Crippen LogP) is 3.41. The second-order valence-electron chi connectivity index (χ2n) is 9.44. The van der Waals surface area contributed by atoms with Crippen molar-refractivity contribution >= 4 is 11.7 Å². The van der Waals surface area contributed by atoms with Crippen LogP contribution in [0.25, 0.3) is 0 Å². The van der Waals surface area contributed by atoms with Gasteiger partial charge in [-0.25, -0.2) is 14.4 Å². The van der Waals surface area contributed by atoms with Gasteiger partial charge < -0.3 is 20.4 Å². The topological polar surface area (TPSA) is 73.4 Å². The first-order valence-corrected chi connectivity index (χ1v) is 12.6. The summed E-state index contributed by atoms with van der Waals surface area (Å²) < 4.78 is 13.5. The molecule has 0 bridgehead atoms. The van der Waals surface area contributed by atoms with Crippen molar-refractivity contribution in [2.45, 2.75) is 45.4 Å². The monoisotopic (exact) mass is 468 g/mol. The summed E-state index contributed by atoms with van der Waals surface area (Å²) in [5.41, 5.74) is 2.62. The summed E-state index contributed by atoms with van der Waals surface area (Å²) in [6, 6.07) is 6.45. The zero-order valence-electron chi connectivity index (χ0n) is 20.4. The van der Waals surface area contributed by atoms with Crippen LogP contribution in [0.1, 0.15) is 66.0 Å². The summed E-state index contributed by atoms with van der Waals surface area (Å²) in [4.78, 5) is 27.4. The van der Waals surface area contributed by atoms with Gasteiger partial charge in [-0.1, -0.05) is 19.1 Å². The lowest BCUT2D eigenvalue weighted by atomic mass is 9.97. The minimum Gasteiger partial charge on any atom is -0.367 e. The van der Waals surface area contributed by atoms with E-state index in [-0.39, 0.29) is 17.6 Å². The fourth-order valence-corrected chi connectivity index (χ4v) is 4.62. The van der Waals surface area contributed by atoms with Gasteiger partial charge in [-0.3, -0.25) is 4.79 Å². The molecule has 0 saturated carbocycles. The molecule has 34 heavy (non-hydrogen) atoms. The van der Waals surface area contributed by atoms with Crippen LogP contribution in [-0.4, -0.2) is 78.0 Å². The maximum Gasteiger partial charge on any atom is 0.271 e. The number of halogens is 1. The number of benzene rings is 1. The van der Waals surface area contributed by atoms with Crippen molar-refractivity contribution in [2.24, 2.45) is 0 Å². The number of nitrogens with zero attached hydrogens (tertiary/aromatic N) is 4. The van der Waals surface area contributed by atoms with E-state index in [1.165, 1.54) is 31.4 Å². The van der Waals surface area contributed by atoms with Crippen LogP contribution in [0, 0.1) is 12.7 Å². The van der Waals surface area contributed by atoms with E-state index in [1.807, 2.05) is 13.8 Å². The van der Waals surface area contributed by atoms with Gasteiger partial charge in [0.05, 0.1) is 11.4 Å². The third kappa shape index (κ3) is 6.30. The molecule has 1 amide bonds. The summed E-state index contributed by atoms with van der Waals surface area (Å²) in [7, 11) is 0. The molecule has 7 nitrogen and oxygen atoms in total. The first-order chi connectivity index (χ1) is 16.5. The average molecular weight is 469 g/mol. The van der Waals surface area contributed by atoms with E-state index in [9.17, 15) is 9.18 Å². The van der Waals surface area contributed by atoms with E-state index >= 15 is 0 Å². The van der Waals surface area contributed by atoms with Gasteiger partial charge in [0.1, 0.15) is 17.3 Å². The number of aromatic nitrogens is 2. The Labute approximate surface area is 202 Å². The van der Waals surface area contributed by atoms with Gasteiger partial charge >= 0.3 is 0 Å². The maximum atomic E-state index is 13.5. The van der Waals surface area contributed by atoms with Gasteiger partial charge in [-0.2, -0.15) is 0 Å². The van der Waals surface area contributed by atoms with Gasteiger partial charge in [0.2, 0.25) is 0 Å². The molecule has 2 fully saturated rings. The van der Waals surface area contributed by atoms with E-state index in [0.29, 0.717) is 29.4 Å². The molecule has 1 aromatic carbocycles. The third-order valence-corrected chi connectivity index (χ3v) is 6.90. The molecule has 2 aliphatic rings. The third-order valence-electron chi connectivity index (χ3n) is 6.90. The summed E-state index contributed by atoms with van der Waals surface area (Å²) in [6.45, 7) is 11.8.